The predicted octanol–water partition coefficient (Wildman–Crippen LogP) is 4.08. The maximum atomic E-state index is 11.8. The van der Waals surface area contributed by atoms with Gasteiger partial charge in [-0.25, -0.2) is 0 Å². The first-order valence-corrected chi connectivity index (χ1v) is 7.25. The molecule has 0 heterocycles. The van der Waals surface area contributed by atoms with Crippen LogP contribution in [-0.4, -0.2) is 24.9 Å². The summed E-state index contributed by atoms with van der Waals surface area (Å²) in [5.41, 5.74) is 0.621. The third-order valence-corrected chi connectivity index (χ3v) is 2.70. The standard InChI is InChI=1S/C15H21ClO3/c1-3-9-18-14-6-5-12(13(17)7-8-16)11-15(14)19-10-4-2/h5-6,11H,3-4,7-10H2,1-2H3. The number of Topliss-reactive ketones (excluding diaryl/α,β-unsaturated/α-hetero) is 1. The molecule has 0 fully saturated rings. The molecule has 0 bridgehead atoms. The van der Waals surface area contributed by atoms with Gasteiger partial charge in [0.2, 0.25) is 0 Å². The van der Waals surface area contributed by atoms with Crippen LogP contribution in [0.3, 0.4) is 0 Å². The van der Waals surface area contributed by atoms with E-state index in [1.165, 1.54) is 0 Å². The summed E-state index contributed by atoms with van der Waals surface area (Å²) < 4.78 is 11.3. The molecule has 0 amide bonds. The Labute approximate surface area is 119 Å². The van der Waals surface area contributed by atoms with Gasteiger partial charge in [0.05, 0.1) is 13.2 Å². The molecular formula is C15H21ClO3. The molecule has 0 aliphatic rings. The monoisotopic (exact) mass is 284 g/mol. The molecule has 19 heavy (non-hydrogen) atoms. The molecule has 4 heteroatoms. The number of alkyl halides is 1. The number of ether oxygens (including phenoxy) is 2. The zero-order valence-electron chi connectivity index (χ0n) is 11.6. The number of carbonyl (C=O) groups excluding carboxylic acids is 1. The van der Waals surface area contributed by atoms with E-state index in [0.717, 1.165) is 12.8 Å². The summed E-state index contributed by atoms with van der Waals surface area (Å²) in [5.74, 6) is 1.68. The van der Waals surface area contributed by atoms with E-state index in [0.29, 0.717) is 42.6 Å². The van der Waals surface area contributed by atoms with E-state index < -0.39 is 0 Å². The summed E-state index contributed by atoms with van der Waals surface area (Å²) in [7, 11) is 0. The zero-order chi connectivity index (χ0) is 14.1. The van der Waals surface area contributed by atoms with E-state index in [1.54, 1.807) is 18.2 Å². The number of hydrogen-bond acceptors (Lipinski definition) is 3. The average molecular weight is 285 g/mol. The van der Waals surface area contributed by atoms with Crippen LogP contribution in [0, 0.1) is 0 Å². The molecule has 0 aliphatic carbocycles. The summed E-state index contributed by atoms with van der Waals surface area (Å²) in [6.45, 7) is 5.33. The van der Waals surface area contributed by atoms with Gasteiger partial charge in [-0.3, -0.25) is 4.79 Å². The van der Waals surface area contributed by atoms with E-state index in [2.05, 4.69) is 0 Å². The third kappa shape index (κ3) is 5.11. The van der Waals surface area contributed by atoms with Gasteiger partial charge in [-0.2, -0.15) is 0 Å². The molecule has 0 radical (unpaired) electrons. The highest BCUT2D eigenvalue weighted by Gasteiger charge is 2.11. The van der Waals surface area contributed by atoms with E-state index in [9.17, 15) is 4.79 Å². The van der Waals surface area contributed by atoms with Crippen LogP contribution in [0.25, 0.3) is 0 Å². The fourth-order valence-electron chi connectivity index (χ4n) is 1.57. The van der Waals surface area contributed by atoms with Gasteiger partial charge in [-0.15, -0.1) is 11.6 Å². The molecule has 106 valence electrons. The van der Waals surface area contributed by atoms with Crippen LogP contribution in [0.2, 0.25) is 0 Å². The van der Waals surface area contributed by atoms with Crippen molar-refractivity contribution >= 4 is 17.4 Å². The Morgan fingerprint density at radius 3 is 2.32 bits per heavy atom. The Kier molecular flexibility index (Phi) is 7.34. The number of rotatable bonds is 9. The van der Waals surface area contributed by atoms with Crippen LogP contribution < -0.4 is 9.47 Å². The second-order valence-corrected chi connectivity index (χ2v) is 4.60. The number of carbonyl (C=O) groups is 1. The van der Waals surface area contributed by atoms with Gasteiger partial charge in [0.25, 0.3) is 0 Å². The molecule has 0 N–H and O–H groups in total. The predicted molar refractivity (Wildman–Crippen MR) is 77.7 cm³/mol. The number of hydrogen-bond donors (Lipinski definition) is 0. The quantitative estimate of drug-likeness (QED) is 0.506. The Hall–Kier alpha value is -1.22. The van der Waals surface area contributed by atoms with Gasteiger partial charge >= 0.3 is 0 Å². The highest BCUT2D eigenvalue weighted by molar-refractivity contribution is 6.19. The fourth-order valence-corrected chi connectivity index (χ4v) is 1.74. The minimum Gasteiger partial charge on any atom is -0.490 e. The summed E-state index contributed by atoms with van der Waals surface area (Å²) in [4.78, 5) is 11.8. The maximum Gasteiger partial charge on any atom is 0.164 e. The second-order valence-electron chi connectivity index (χ2n) is 4.22. The number of ketones is 1. The Morgan fingerprint density at radius 1 is 1.11 bits per heavy atom. The van der Waals surface area contributed by atoms with Crippen molar-refractivity contribution in [3.05, 3.63) is 23.8 Å². The summed E-state index contributed by atoms with van der Waals surface area (Å²) in [5, 5.41) is 0. The highest BCUT2D eigenvalue weighted by Crippen LogP contribution is 2.29. The Balaban J connectivity index is 2.89. The number of halogens is 1. The second kappa shape index (κ2) is 8.81. The fraction of sp³-hybridized carbons (Fsp3) is 0.533. The van der Waals surface area contributed by atoms with Crippen molar-refractivity contribution in [2.75, 3.05) is 19.1 Å². The van der Waals surface area contributed by atoms with Crippen molar-refractivity contribution in [3.8, 4) is 11.5 Å². The van der Waals surface area contributed by atoms with E-state index >= 15 is 0 Å². The highest BCUT2D eigenvalue weighted by atomic mass is 35.5. The summed E-state index contributed by atoms with van der Waals surface area (Å²) in [6.07, 6.45) is 2.18. The van der Waals surface area contributed by atoms with Crippen LogP contribution in [0.15, 0.2) is 18.2 Å². The Morgan fingerprint density at radius 2 is 1.74 bits per heavy atom. The summed E-state index contributed by atoms with van der Waals surface area (Å²) >= 11 is 5.59. The van der Waals surface area contributed by atoms with E-state index in [-0.39, 0.29) is 5.78 Å². The van der Waals surface area contributed by atoms with Gasteiger partial charge in [-0.05, 0) is 31.0 Å². The minimum atomic E-state index is 0.0263. The van der Waals surface area contributed by atoms with Crippen molar-refractivity contribution in [2.45, 2.75) is 33.1 Å². The van der Waals surface area contributed by atoms with Crippen molar-refractivity contribution in [1.82, 2.24) is 0 Å². The van der Waals surface area contributed by atoms with E-state index in [4.69, 9.17) is 21.1 Å². The van der Waals surface area contributed by atoms with Crippen LogP contribution in [-0.2, 0) is 0 Å². The molecule has 0 unspecified atom stereocenters. The minimum absolute atomic E-state index is 0.0263. The van der Waals surface area contributed by atoms with Crippen molar-refractivity contribution in [2.24, 2.45) is 0 Å². The van der Waals surface area contributed by atoms with Crippen LogP contribution in [0.4, 0.5) is 0 Å². The van der Waals surface area contributed by atoms with Gasteiger partial charge in [0.1, 0.15) is 0 Å². The van der Waals surface area contributed by atoms with Crippen LogP contribution >= 0.6 is 11.6 Å². The molecule has 3 nitrogen and oxygen atoms in total. The molecule has 0 aliphatic heterocycles. The molecular weight excluding hydrogens is 264 g/mol. The molecule has 0 spiro atoms. The Bertz CT molecular complexity index is 404. The van der Waals surface area contributed by atoms with Crippen molar-refractivity contribution in [3.63, 3.8) is 0 Å². The lowest BCUT2D eigenvalue weighted by atomic mass is 10.1. The smallest absolute Gasteiger partial charge is 0.164 e. The molecule has 0 atom stereocenters. The lowest BCUT2D eigenvalue weighted by Crippen LogP contribution is -2.04. The lowest BCUT2D eigenvalue weighted by molar-refractivity contribution is 0.0988. The van der Waals surface area contributed by atoms with Crippen molar-refractivity contribution < 1.29 is 14.3 Å². The van der Waals surface area contributed by atoms with Crippen molar-refractivity contribution in [1.29, 1.82) is 0 Å². The normalized spacial score (nSPS) is 10.3. The largest absolute Gasteiger partial charge is 0.490 e. The molecule has 0 aromatic heterocycles. The van der Waals surface area contributed by atoms with Crippen LogP contribution in [0.1, 0.15) is 43.5 Å². The first-order chi connectivity index (χ1) is 9.22. The van der Waals surface area contributed by atoms with Gasteiger partial charge < -0.3 is 9.47 Å². The molecule has 1 aromatic rings. The zero-order valence-corrected chi connectivity index (χ0v) is 12.3. The topological polar surface area (TPSA) is 35.5 Å². The maximum absolute atomic E-state index is 11.8. The molecule has 1 rings (SSSR count). The SMILES string of the molecule is CCCOc1ccc(C(=O)CCCl)cc1OCCC. The van der Waals surface area contributed by atoms with Gasteiger partial charge in [-0.1, -0.05) is 13.8 Å². The average Bonchev–Trinajstić information content (AvgIpc) is 2.43. The number of benzene rings is 1. The molecule has 1 aromatic carbocycles. The summed E-state index contributed by atoms with van der Waals surface area (Å²) in [6, 6.07) is 5.30. The first kappa shape index (κ1) is 15.8. The van der Waals surface area contributed by atoms with Gasteiger partial charge in [0, 0.05) is 17.9 Å². The molecule has 0 saturated carbocycles. The first-order valence-electron chi connectivity index (χ1n) is 6.71. The lowest BCUT2D eigenvalue weighted by Gasteiger charge is -2.13. The van der Waals surface area contributed by atoms with E-state index in [1.807, 2.05) is 13.8 Å². The third-order valence-electron chi connectivity index (χ3n) is 2.51. The van der Waals surface area contributed by atoms with Crippen LogP contribution in [0.5, 0.6) is 11.5 Å². The molecule has 0 saturated heterocycles. The van der Waals surface area contributed by atoms with Gasteiger partial charge in [0.15, 0.2) is 17.3 Å².